The van der Waals surface area contributed by atoms with Crippen molar-refractivity contribution in [3.63, 3.8) is 0 Å². The average Bonchev–Trinajstić information content (AvgIpc) is 2.77. The summed E-state index contributed by atoms with van der Waals surface area (Å²) in [5.74, 6) is 0.245. The lowest BCUT2D eigenvalue weighted by Crippen LogP contribution is -2.22. The van der Waals surface area contributed by atoms with E-state index in [1.807, 2.05) is 6.07 Å². The molecule has 0 radical (unpaired) electrons. The molecule has 2 amide bonds. The van der Waals surface area contributed by atoms with E-state index in [9.17, 15) is 9.59 Å². The molecule has 0 bridgehead atoms. The molecule has 1 atom stereocenters. The number of rotatable bonds is 8. The molecule has 0 aromatic heterocycles. The van der Waals surface area contributed by atoms with Crippen molar-refractivity contribution >= 4 is 58.2 Å². The van der Waals surface area contributed by atoms with Gasteiger partial charge in [-0.2, -0.15) is 0 Å². The van der Waals surface area contributed by atoms with Crippen molar-refractivity contribution in [1.82, 2.24) is 0 Å². The average molecular weight is 505 g/mol. The number of carbonyl (C=O) groups is 2. The minimum absolute atomic E-state index is 0.202. The molecule has 3 aromatic carbocycles. The second-order valence-electron chi connectivity index (χ2n) is 6.93. The molecule has 0 aliphatic heterocycles. The zero-order chi connectivity index (χ0) is 24.0. The third kappa shape index (κ3) is 6.57. The maximum Gasteiger partial charge on any atom is 0.263 e. The summed E-state index contributed by atoms with van der Waals surface area (Å²) in [6, 6.07) is 17.2. The smallest absolute Gasteiger partial charge is 0.263 e. The lowest BCUT2D eigenvalue weighted by atomic mass is 10.1. The Bertz CT molecular complexity index is 1130. The van der Waals surface area contributed by atoms with E-state index in [-0.39, 0.29) is 11.8 Å². The highest BCUT2D eigenvalue weighted by Gasteiger charge is 2.19. The van der Waals surface area contributed by atoms with Crippen molar-refractivity contribution in [1.29, 1.82) is 0 Å². The predicted octanol–water partition coefficient (Wildman–Crippen LogP) is 6.38. The lowest BCUT2D eigenvalue weighted by Gasteiger charge is -2.15. The molecule has 0 aliphatic carbocycles. The molecule has 172 valence electrons. The van der Waals surface area contributed by atoms with Crippen molar-refractivity contribution < 1.29 is 19.1 Å². The first-order valence-corrected chi connectivity index (χ1v) is 11.5. The summed E-state index contributed by atoms with van der Waals surface area (Å²) in [6.07, 6.45) is 0. The summed E-state index contributed by atoms with van der Waals surface area (Å²) in [6.45, 7) is 1.79. The normalized spacial score (nSPS) is 11.4. The first-order valence-electron chi connectivity index (χ1n) is 9.86. The molecule has 0 fully saturated rings. The van der Waals surface area contributed by atoms with Gasteiger partial charge in [-0.05, 0) is 55.5 Å². The molecule has 0 spiro atoms. The Hall–Kier alpha value is -2.87. The van der Waals surface area contributed by atoms with Gasteiger partial charge in [-0.15, -0.1) is 11.8 Å². The molecule has 3 aromatic rings. The van der Waals surface area contributed by atoms with Crippen LogP contribution in [0.15, 0.2) is 65.6 Å². The van der Waals surface area contributed by atoms with Crippen molar-refractivity contribution in [2.24, 2.45) is 0 Å². The molecule has 9 heteroatoms. The maximum atomic E-state index is 12.9. The zero-order valence-corrected chi connectivity index (χ0v) is 20.5. The van der Waals surface area contributed by atoms with Crippen LogP contribution in [0.2, 0.25) is 10.0 Å². The summed E-state index contributed by atoms with van der Waals surface area (Å²) < 4.78 is 10.6. The second-order valence-corrected chi connectivity index (χ2v) is 9.21. The van der Waals surface area contributed by atoms with Crippen LogP contribution >= 0.6 is 35.0 Å². The van der Waals surface area contributed by atoms with Gasteiger partial charge in [0.1, 0.15) is 17.1 Å². The standard InChI is InChI=1S/C24H22Cl2N2O4S/c1-14(23(29)28-18-11-15(25)10-16(26)12-18)33-19-7-4-6-17(13-19)27-24(30)22-20(31-2)8-5-9-21(22)32-3/h4-14H,1-3H3,(H,27,30)(H,28,29). The third-order valence-electron chi connectivity index (χ3n) is 4.56. The van der Waals surface area contributed by atoms with E-state index in [2.05, 4.69) is 10.6 Å². The van der Waals surface area contributed by atoms with E-state index >= 15 is 0 Å². The fraction of sp³-hybridized carbons (Fsp3) is 0.167. The molecule has 3 rings (SSSR count). The highest BCUT2D eigenvalue weighted by atomic mass is 35.5. The summed E-state index contributed by atoms with van der Waals surface area (Å²) >= 11 is 13.3. The number of hydrogen-bond donors (Lipinski definition) is 2. The van der Waals surface area contributed by atoms with Crippen LogP contribution in [-0.2, 0) is 4.79 Å². The quantitative estimate of drug-likeness (QED) is 0.348. The minimum atomic E-state index is -0.414. The van der Waals surface area contributed by atoms with E-state index in [0.29, 0.717) is 38.5 Å². The predicted molar refractivity (Wildman–Crippen MR) is 134 cm³/mol. The molecule has 6 nitrogen and oxygen atoms in total. The van der Waals surface area contributed by atoms with Crippen LogP contribution in [0.25, 0.3) is 0 Å². The van der Waals surface area contributed by atoms with E-state index in [4.69, 9.17) is 32.7 Å². The molecule has 33 heavy (non-hydrogen) atoms. The van der Waals surface area contributed by atoms with Crippen molar-refractivity contribution in [3.05, 3.63) is 76.3 Å². The van der Waals surface area contributed by atoms with Gasteiger partial charge in [0.25, 0.3) is 5.91 Å². The van der Waals surface area contributed by atoms with E-state index in [0.717, 1.165) is 4.90 Å². The number of carbonyl (C=O) groups excluding carboxylic acids is 2. The number of anilines is 2. The fourth-order valence-electron chi connectivity index (χ4n) is 3.04. The zero-order valence-electron chi connectivity index (χ0n) is 18.1. The van der Waals surface area contributed by atoms with Crippen LogP contribution < -0.4 is 20.1 Å². The monoisotopic (exact) mass is 504 g/mol. The van der Waals surface area contributed by atoms with Gasteiger partial charge in [0.15, 0.2) is 0 Å². The largest absolute Gasteiger partial charge is 0.496 e. The molecule has 1 unspecified atom stereocenters. The van der Waals surface area contributed by atoms with E-state index in [1.165, 1.54) is 26.0 Å². The van der Waals surface area contributed by atoms with Gasteiger partial charge in [0.05, 0.1) is 19.5 Å². The Balaban J connectivity index is 1.70. The Labute approximate surface area is 206 Å². The highest BCUT2D eigenvalue weighted by molar-refractivity contribution is 8.00. The van der Waals surface area contributed by atoms with E-state index in [1.54, 1.807) is 61.5 Å². The van der Waals surface area contributed by atoms with Crippen molar-refractivity contribution in [2.45, 2.75) is 17.1 Å². The number of ether oxygens (including phenoxy) is 2. The van der Waals surface area contributed by atoms with Crippen molar-refractivity contribution in [3.8, 4) is 11.5 Å². The number of amides is 2. The van der Waals surface area contributed by atoms with Gasteiger partial charge < -0.3 is 20.1 Å². The van der Waals surface area contributed by atoms with Crippen LogP contribution in [0.5, 0.6) is 11.5 Å². The van der Waals surface area contributed by atoms with Crippen LogP contribution in [-0.4, -0.2) is 31.3 Å². The molecule has 0 saturated heterocycles. The first kappa shape index (κ1) is 24.8. The number of nitrogens with one attached hydrogen (secondary N) is 2. The lowest BCUT2D eigenvalue weighted by molar-refractivity contribution is -0.115. The Morgan fingerprint density at radius 1 is 0.848 bits per heavy atom. The summed E-state index contributed by atoms with van der Waals surface area (Å²) in [4.78, 5) is 26.3. The number of methoxy groups -OCH3 is 2. The van der Waals surface area contributed by atoms with Gasteiger partial charge in [-0.3, -0.25) is 9.59 Å². The summed E-state index contributed by atoms with van der Waals surface area (Å²) in [7, 11) is 2.99. The van der Waals surface area contributed by atoms with Gasteiger partial charge in [0, 0.05) is 26.3 Å². The van der Waals surface area contributed by atoms with Gasteiger partial charge in [0.2, 0.25) is 5.91 Å². The molecular formula is C24H22Cl2N2O4S. The number of benzene rings is 3. The molecule has 2 N–H and O–H groups in total. The molecular weight excluding hydrogens is 483 g/mol. The van der Waals surface area contributed by atoms with Gasteiger partial charge in [-0.1, -0.05) is 35.3 Å². The number of halogens is 2. The number of thioether (sulfide) groups is 1. The Morgan fingerprint density at radius 2 is 1.45 bits per heavy atom. The van der Waals surface area contributed by atoms with Gasteiger partial charge in [-0.25, -0.2) is 0 Å². The molecule has 0 aliphatic rings. The van der Waals surface area contributed by atoms with Crippen LogP contribution in [0.3, 0.4) is 0 Å². The van der Waals surface area contributed by atoms with Crippen molar-refractivity contribution in [2.75, 3.05) is 24.9 Å². The van der Waals surface area contributed by atoms with E-state index < -0.39 is 5.25 Å². The van der Waals surface area contributed by atoms with Crippen LogP contribution in [0.1, 0.15) is 17.3 Å². The third-order valence-corrected chi connectivity index (χ3v) is 6.09. The second kappa shape index (κ2) is 11.3. The first-order chi connectivity index (χ1) is 15.8. The molecule has 0 saturated carbocycles. The van der Waals surface area contributed by atoms with Crippen LogP contribution in [0, 0.1) is 0 Å². The Morgan fingerprint density at radius 3 is 2.06 bits per heavy atom. The topological polar surface area (TPSA) is 76.7 Å². The fourth-order valence-corrected chi connectivity index (χ4v) is 4.50. The molecule has 0 heterocycles. The maximum absolute atomic E-state index is 12.9. The van der Waals surface area contributed by atoms with Gasteiger partial charge >= 0.3 is 0 Å². The highest BCUT2D eigenvalue weighted by Crippen LogP contribution is 2.31. The Kier molecular flexibility index (Phi) is 8.49. The van der Waals surface area contributed by atoms with Crippen LogP contribution in [0.4, 0.5) is 11.4 Å². The summed E-state index contributed by atoms with van der Waals surface area (Å²) in [5.41, 5.74) is 1.40. The summed E-state index contributed by atoms with van der Waals surface area (Å²) in [5, 5.41) is 6.13. The SMILES string of the molecule is COc1cccc(OC)c1C(=O)Nc1cccc(SC(C)C(=O)Nc2cc(Cl)cc(Cl)c2)c1. The minimum Gasteiger partial charge on any atom is -0.496 e. The number of hydrogen-bond acceptors (Lipinski definition) is 5.